The van der Waals surface area contributed by atoms with E-state index >= 15 is 0 Å². The third-order valence-electron chi connectivity index (χ3n) is 5.14. The zero-order chi connectivity index (χ0) is 22.8. The minimum absolute atomic E-state index is 0.230. The Morgan fingerprint density at radius 2 is 1.72 bits per heavy atom. The van der Waals surface area contributed by atoms with Crippen LogP contribution in [0.1, 0.15) is 29.3 Å². The Hall–Kier alpha value is -2.97. The van der Waals surface area contributed by atoms with Crippen LogP contribution in [0.15, 0.2) is 54.6 Å². The number of carbonyl (C=O) groups is 2. The number of rotatable bonds is 7. The first-order chi connectivity index (χ1) is 15.6. The van der Waals surface area contributed by atoms with E-state index in [9.17, 15) is 9.59 Å². The van der Waals surface area contributed by atoms with Gasteiger partial charge in [-0.1, -0.05) is 42.5 Å². The Balaban J connectivity index is 1.49. The maximum atomic E-state index is 12.2. The van der Waals surface area contributed by atoms with E-state index in [1.54, 1.807) is 19.1 Å². The minimum atomic E-state index is -0.380. The van der Waals surface area contributed by atoms with Crippen molar-refractivity contribution in [3.05, 3.63) is 65.7 Å². The molecule has 0 amide bonds. The molecule has 0 spiro atoms. The summed E-state index contributed by atoms with van der Waals surface area (Å²) in [6.07, 6.45) is 0.868. The molecule has 1 fully saturated rings. The number of anilines is 1. The summed E-state index contributed by atoms with van der Waals surface area (Å²) in [7, 11) is 0. The predicted molar refractivity (Wildman–Crippen MR) is 127 cm³/mol. The summed E-state index contributed by atoms with van der Waals surface area (Å²) in [6, 6.07) is 16.8. The molecule has 1 aliphatic rings. The largest absolute Gasteiger partial charge is 0.462 e. The fourth-order valence-corrected chi connectivity index (χ4v) is 3.76. The van der Waals surface area contributed by atoms with Crippen LogP contribution in [0.2, 0.25) is 0 Å². The Bertz CT molecular complexity index is 922. The normalized spacial score (nSPS) is 14.3. The monoisotopic (exact) mass is 455 g/mol. The standard InChI is InChI=1S/C24H29N3O4S/c1-2-30-23(29)20-11-6-7-12-21(20)25-24(32)27-14-8-13-26(15-16-27)17-22(28)31-18-19-9-4-3-5-10-19/h3-7,9-12H,2,8,13-18H2,1H3,(H,25,32). The zero-order valence-electron chi connectivity index (χ0n) is 18.3. The number of hydrogen-bond acceptors (Lipinski definition) is 6. The summed E-state index contributed by atoms with van der Waals surface area (Å²) in [5.41, 5.74) is 2.05. The van der Waals surface area contributed by atoms with Crippen LogP contribution in [0.25, 0.3) is 0 Å². The van der Waals surface area contributed by atoms with Gasteiger partial charge in [-0.25, -0.2) is 4.79 Å². The van der Waals surface area contributed by atoms with Crippen molar-refractivity contribution in [2.75, 3.05) is 44.6 Å². The maximum Gasteiger partial charge on any atom is 0.340 e. The van der Waals surface area contributed by atoms with Gasteiger partial charge >= 0.3 is 11.9 Å². The molecule has 0 atom stereocenters. The average Bonchev–Trinajstić information content (AvgIpc) is 3.04. The van der Waals surface area contributed by atoms with E-state index in [-0.39, 0.29) is 25.1 Å². The van der Waals surface area contributed by atoms with Gasteiger partial charge in [0.2, 0.25) is 0 Å². The van der Waals surface area contributed by atoms with Crippen LogP contribution in [0, 0.1) is 0 Å². The van der Waals surface area contributed by atoms with Gasteiger partial charge in [0.25, 0.3) is 0 Å². The van der Waals surface area contributed by atoms with Gasteiger partial charge in [0.15, 0.2) is 5.11 Å². The van der Waals surface area contributed by atoms with Crippen molar-refractivity contribution in [1.82, 2.24) is 9.80 Å². The highest BCUT2D eigenvalue weighted by Crippen LogP contribution is 2.17. The highest BCUT2D eigenvalue weighted by molar-refractivity contribution is 7.80. The Labute approximate surface area is 194 Å². The van der Waals surface area contributed by atoms with Crippen molar-refractivity contribution < 1.29 is 19.1 Å². The molecule has 0 radical (unpaired) electrons. The number of ether oxygens (including phenoxy) is 2. The molecule has 1 aliphatic heterocycles. The van der Waals surface area contributed by atoms with Gasteiger partial charge in [0.1, 0.15) is 6.61 Å². The molecule has 0 aromatic heterocycles. The number of benzene rings is 2. The molecule has 3 rings (SSSR count). The first-order valence-electron chi connectivity index (χ1n) is 10.8. The fourth-order valence-electron chi connectivity index (χ4n) is 3.47. The van der Waals surface area contributed by atoms with Crippen LogP contribution >= 0.6 is 12.2 Å². The number of esters is 2. The highest BCUT2D eigenvalue weighted by atomic mass is 32.1. The molecule has 0 bridgehead atoms. The summed E-state index contributed by atoms with van der Waals surface area (Å²) in [4.78, 5) is 28.6. The SMILES string of the molecule is CCOC(=O)c1ccccc1NC(=S)N1CCCN(CC(=O)OCc2ccccc2)CC1. The molecule has 2 aromatic carbocycles. The summed E-state index contributed by atoms with van der Waals surface area (Å²) in [5, 5.41) is 3.74. The van der Waals surface area contributed by atoms with Crippen LogP contribution < -0.4 is 5.32 Å². The van der Waals surface area contributed by atoms with E-state index in [2.05, 4.69) is 15.1 Å². The first-order valence-corrected chi connectivity index (χ1v) is 11.2. The van der Waals surface area contributed by atoms with Crippen LogP contribution in [0.5, 0.6) is 0 Å². The number of nitrogens with zero attached hydrogens (tertiary/aromatic N) is 2. The second-order valence-electron chi connectivity index (χ2n) is 7.46. The molecule has 32 heavy (non-hydrogen) atoms. The van der Waals surface area contributed by atoms with Crippen molar-refractivity contribution in [2.45, 2.75) is 20.0 Å². The third-order valence-corrected chi connectivity index (χ3v) is 5.50. The van der Waals surface area contributed by atoms with Crippen molar-refractivity contribution in [3.8, 4) is 0 Å². The van der Waals surface area contributed by atoms with Crippen molar-refractivity contribution in [3.63, 3.8) is 0 Å². The molecular weight excluding hydrogens is 426 g/mol. The molecule has 8 heteroatoms. The van der Waals surface area contributed by atoms with Crippen LogP contribution in [0.4, 0.5) is 5.69 Å². The van der Waals surface area contributed by atoms with Crippen LogP contribution in [-0.4, -0.2) is 66.2 Å². The number of thiocarbonyl (C=S) groups is 1. The smallest absolute Gasteiger partial charge is 0.340 e. The summed E-state index contributed by atoms with van der Waals surface area (Å²) < 4.78 is 10.5. The van der Waals surface area contributed by atoms with Gasteiger partial charge in [-0.3, -0.25) is 9.69 Å². The van der Waals surface area contributed by atoms with Gasteiger partial charge in [0.05, 0.1) is 24.4 Å². The molecule has 1 heterocycles. The minimum Gasteiger partial charge on any atom is -0.462 e. The van der Waals surface area contributed by atoms with Crippen molar-refractivity contribution >= 4 is 35.0 Å². The van der Waals surface area contributed by atoms with Crippen LogP contribution in [0.3, 0.4) is 0 Å². The lowest BCUT2D eigenvalue weighted by Gasteiger charge is -2.25. The molecule has 170 valence electrons. The highest BCUT2D eigenvalue weighted by Gasteiger charge is 2.20. The number of carbonyl (C=O) groups excluding carboxylic acids is 2. The lowest BCUT2D eigenvalue weighted by molar-refractivity contribution is -0.146. The van der Waals surface area contributed by atoms with Gasteiger partial charge in [-0.2, -0.15) is 0 Å². The van der Waals surface area contributed by atoms with Crippen molar-refractivity contribution in [1.29, 1.82) is 0 Å². The van der Waals surface area contributed by atoms with Gasteiger partial charge in [-0.05, 0) is 43.3 Å². The lowest BCUT2D eigenvalue weighted by Crippen LogP contribution is -2.39. The second kappa shape index (κ2) is 12.2. The number of para-hydroxylation sites is 1. The van der Waals surface area contributed by atoms with Gasteiger partial charge in [0, 0.05) is 26.2 Å². The van der Waals surface area contributed by atoms with E-state index in [0.717, 1.165) is 25.1 Å². The molecule has 0 saturated carbocycles. The molecule has 0 aliphatic carbocycles. The van der Waals surface area contributed by atoms with Gasteiger partial charge < -0.3 is 19.7 Å². The van der Waals surface area contributed by atoms with E-state index < -0.39 is 0 Å². The molecule has 7 nitrogen and oxygen atoms in total. The summed E-state index contributed by atoms with van der Waals surface area (Å²) in [6.45, 7) is 5.57. The predicted octanol–water partition coefficient (Wildman–Crippen LogP) is 3.31. The lowest BCUT2D eigenvalue weighted by atomic mass is 10.2. The first kappa shape index (κ1) is 23.7. The fraction of sp³-hybridized carbons (Fsp3) is 0.375. The maximum absolute atomic E-state index is 12.2. The topological polar surface area (TPSA) is 71.1 Å². The quantitative estimate of drug-likeness (QED) is 0.504. The van der Waals surface area contributed by atoms with Gasteiger partial charge in [-0.15, -0.1) is 0 Å². The number of nitrogens with one attached hydrogen (secondary N) is 1. The summed E-state index contributed by atoms with van der Waals surface area (Å²) >= 11 is 5.60. The van der Waals surface area contributed by atoms with Crippen molar-refractivity contribution in [2.24, 2.45) is 0 Å². The average molecular weight is 456 g/mol. The summed E-state index contributed by atoms with van der Waals surface area (Å²) in [5.74, 6) is -0.610. The zero-order valence-corrected chi connectivity index (χ0v) is 19.1. The van der Waals surface area contributed by atoms with E-state index in [0.29, 0.717) is 36.1 Å². The Morgan fingerprint density at radius 1 is 0.969 bits per heavy atom. The molecule has 0 unspecified atom stereocenters. The third kappa shape index (κ3) is 7.03. The number of hydrogen-bond donors (Lipinski definition) is 1. The van der Waals surface area contributed by atoms with E-state index in [1.165, 1.54) is 0 Å². The Morgan fingerprint density at radius 3 is 2.50 bits per heavy atom. The van der Waals surface area contributed by atoms with E-state index in [1.807, 2.05) is 42.5 Å². The molecular formula is C24H29N3O4S. The second-order valence-corrected chi connectivity index (χ2v) is 7.85. The molecule has 2 aromatic rings. The molecule has 1 N–H and O–H groups in total. The molecule has 1 saturated heterocycles. The van der Waals surface area contributed by atoms with E-state index in [4.69, 9.17) is 21.7 Å². The van der Waals surface area contributed by atoms with Crippen LogP contribution in [-0.2, 0) is 20.9 Å². The Kier molecular flexibility index (Phi) is 9.01.